The molecule has 1 N–H and O–H groups in total. The maximum Gasteiger partial charge on any atom is 0.178 e. The molecule has 21 heavy (non-hydrogen) atoms. The maximum absolute atomic E-state index is 5.52. The molecular weight excluding hydrogens is 282 g/mol. The van der Waals surface area contributed by atoms with E-state index in [2.05, 4.69) is 27.4 Å². The zero-order chi connectivity index (χ0) is 14.8. The average molecular weight is 305 g/mol. The van der Waals surface area contributed by atoms with Crippen molar-refractivity contribution in [2.24, 2.45) is 5.92 Å². The van der Waals surface area contributed by atoms with E-state index >= 15 is 0 Å². The van der Waals surface area contributed by atoms with Crippen molar-refractivity contribution in [3.8, 4) is 5.75 Å². The molecule has 4 nitrogen and oxygen atoms in total. The van der Waals surface area contributed by atoms with Crippen LogP contribution in [0.25, 0.3) is 11.0 Å². The van der Waals surface area contributed by atoms with E-state index in [0.29, 0.717) is 5.92 Å². The fraction of sp³-hybridized carbons (Fsp3) is 0.562. The largest absolute Gasteiger partial charge is 0.494 e. The lowest BCUT2D eigenvalue weighted by molar-refractivity contribution is 0.181. The Morgan fingerprint density at radius 2 is 2.10 bits per heavy atom. The Morgan fingerprint density at radius 3 is 2.76 bits per heavy atom. The van der Waals surface area contributed by atoms with Crippen LogP contribution in [0.15, 0.2) is 18.2 Å². The maximum atomic E-state index is 5.52. The third kappa shape index (κ3) is 2.85. The van der Waals surface area contributed by atoms with Gasteiger partial charge in [0.2, 0.25) is 0 Å². The van der Waals surface area contributed by atoms with Crippen molar-refractivity contribution in [3.63, 3.8) is 0 Å². The lowest BCUT2D eigenvalue weighted by atomic mass is 9.97. The van der Waals surface area contributed by atoms with Gasteiger partial charge in [-0.1, -0.05) is 13.0 Å². The minimum Gasteiger partial charge on any atom is -0.494 e. The van der Waals surface area contributed by atoms with Crippen LogP contribution >= 0.6 is 12.2 Å². The molecule has 0 saturated carbocycles. The summed E-state index contributed by atoms with van der Waals surface area (Å²) in [5, 5.41) is 0. The summed E-state index contributed by atoms with van der Waals surface area (Å²) in [6.07, 6.45) is 2.51. The summed E-state index contributed by atoms with van der Waals surface area (Å²) in [7, 11) is 1.70. The molecule has 0 radical (unpaired) electrons. The molecule has 1 fully saturated rings. The van der Waals surface area contributed by atoms with Crippen LogP contribution in [0.1, 0.15) is 19.8 Å². The number of hydrogen-bond donors (Lipinski definition) is 1. The Hall–Kier alpha value is -1.33. The quantitative estimate of drug-likeness (QED) is 0.879. The summed E-state index contributed by atoms with van der Waals surface area (Å²) in [4.78, 5) is 5.82. The molecule has 0 unspecified atom stereocenters. The fourth-order valence-corrected chi connectivity index (χ4v) is 3.52. The molecule has 2 aromatic rings. The van der Waals surface area contributed by atoms with E-state index in [1.165, 1.54) is 25.9 Å². The number of fused-ring (bicyclic) bond motifs is 1. The molecular formula is C16H23N3OS. The van der Waals surface area contributed by atoms with E-state index in [0.717, 1.165) is 34.6 Å². The third-order valence-electron chi connectivity index (χ3n) is 4.59. The number of para-hydroxylation sites is 1. The molecule has 1 aromatic heterocycles. The Labute approximate surface area is 130 Å². The van der Waals surface area contributed by atoms with Gasteiger partial charge >= 0.3 is 0 Å². The number of aromatic amines is 1. The van der Waals surface area contributed by atoms with Gasteiger partial charge in [-0.2, -0.15) is 0 Å². The number of ether oxygens (including phenoxy) is 1. The van der Waals surface area contributed by atoms with Crippen LogP contribution in [-0.2, 0) is 6.54 Å². The average Bonchev–Trinajstić information content (AvgIpc) is 2.84. The van der Waals surface area contributed by atoms with Crippen LogP contribution in [0, 0.1) is 10.7 Å². The Morgan fingerprint density at radius 1 is 1.33 bits per heavy atom. The highest BCUT2D eigenvalue weighted by atomic mass is 32.1. The number of benzene rings is 1. The topological polar surface area (TPSA) is 33.2 Å². The lowest BCUT2D eigenvalue weighted by Crippen LogP contribution is -2.34. The van der Waals surface area contributed by atoms with Crippen LogP contribution in [0.4, 0.5) is 0 Å². The predicted molar refractivity (Wildman–Crippen MR) is 88.5 cm³/mol. The predicted octanol–water partition coefficient (Wildman–Crippen LogP) is 3.44. The molecule has 0 spiro atoms. The smallest absolute Gasteiger partial charge is 0.178 e. The van der Waals surface area contributed by atoms with E-state index in [9.17, 15) is 0 Å². The highest BCUT2D eigenvalue weighted by Gasteiger charge is 2.20. The van der Waals surface area contributed by atoms with Crippen LogP contribution < -0.4 is 4.74 Å². The van der Waals surface area contributed by atoms with Gasteiger partial charge in [0.05, 0.1) is 12.6 Å². The molecule has 2 heterocycles. The van der Waals surface area contributed by atoms with Crippen molar-refractivity contribution in [1.82, 2.24) is 14.5 Å². The summed E-state index contributed by atoms with van der Waals surface area (Å²) < 4.78 is 8.45. The van der Waals surface area contributed by atoms with Gasteiger partial charge < -0.3 is 19.2 Å². The molecule has 5 heteroatoms. The second-order valence-electron chi connectivity index (χ2n) is 5.77. The van der Waals surface area contributed by atoms with Gasteiger partial charge in [0.15, 0.2) is 4.77 Å². The molecule has 3 rings (SSSR count). The van der Waals surface area contributed by atoms with Crippen LogP contribution in [0.2, 0.25) is 0 Å². The first kappa shape index (κ1) is 14.6. The molecule has 0 bridgehead atoms. The zero-order valence-corrected chi connectivity index (χ0v) is 13.6. The number of nitrogens with zero attached hydrogens (tertiary/aromatic N) is 2. The monoisotopic (exact) mass is 305 g/mol. The van der Waals surface area contributed by atoms with Crippen molar-refractivity contribution < 1.29 is 4.74 Å². The van der Waals surface area contributed by atoms with E-state index in [1.54, 1.807) is 7.11 Å². The normalized spacial score (nSPS) is 17.4. The Kier molecular flexibility index (Phi) is 4.31. The lowest BCUT2D eigenvalue weighted by Gasteiger charge is -2.31. The molecule has 0 atom stereocenters. The molecule has 0 aliphatic carbocycles. The van der Waals surface area contributed by atoms with E-state index in [-0.39, 0.29) is 0 Å². The molecule has 114 valence electrons. The van der Waals surface area contributed by atoms with Gasteiger partial charge in [0.1, 0.15) is 11.3 Å². The number of imidazole rings is 1. The van der Waals surface area contributed by atoms with Crippen molar-refractivity contribution >= 4 is 23.3 Å². The first-order valence-corrected chi connectivity index (χ1v) is 8.11. The Bertz CT molecular complexity index is 668. The summed E-state index contributed by atoms with van der Waals surface area (Å²) in [6.45, 7) is 6.82. The minimum atomic E-state index is 0.713. The molecule has 1 saturated heterocycles. The van der Waals surface area contributed by atoms with Gasteiger partial charge in [0, 0.05) is 6.54 Å². The van der Waals surface area contributed by atoms with Gasteiger partial charge in [-0.15, -0.1) is 0 Å². The Balaban J connectivity index is 1.84. The number of piperidine rings is 1. The van der Waals surface area contributed by atoms with E-state index in [1.807, 2.05) is 12.1 Å². The van der Waals surface area contributed by atoms with E-state index < -0.39 is 0 Å². The van der Waals surface area contributed by atoms with Gasteiger partial charge in [-0.05, 0) is 62.7 Å². The van der Waals surface area contributed by atoms with Crippen LogP contribution in [0.5, 0.6) is 5.75 Å². The number of aromatic nitrogens is 2. The second kappa shape index (κ2) is 6.20. The highest BCUT2D eigenvalue weighted by molar-refractivity contribution is 7.71. The summed E-state index contributed by atoms with van der Waals surface area (Å²) in [5.41, 5.74) is 2.16. The van der Waals surface area contributed by atoms with Crippen LogP contribution in [0.3, 0.4) is 0 Å². The third-order valence-corrected chi connectivity index (χ3v) is 4.91. The van der Waals surface area contributed by atoms with Crippen molar-refractivity contribution in [2.45, 2.75) is 26.3 Å². The highest BCUT2D eigenvalue weighted by Crippen LogP contribution is 2.27. The first-order chi connectivity index (χ1) is 10.2. The number of hydrogen-bond acceptors (Lipinski definition) is 3. The summed E-state index contributed by atoms with van der Waals surface area (Å²) >= 11 is 5.52. The molecule has 1 aliphatic heterocycles. The standard InChI is InChI=1S/C16H23N3OS/c1-3-18-9-7-12(8-10-18)11-19-13-5-4-6-14(20-2)15(13)17-16(19)21/h4-6,12H,3,7-11H2,1-2H3,(H,17,21). The van der Waals surface area contributed by atoms with Crippen molar-refractivity contribution in [1.29, 1.82) is 0 Å². The summed E-state index contributed by atoms with van der Waals surface area (Å²) in [6, 6.07) is 6.11. The molecule has 0 amide bonds. The molecule has 1 aromatic carbocycles. The SMILES string of the molecule is CCN1CCC(Cn2c(=S)[nH]c3c(OC)cccc32)CC1. The molecule has 1 aliphatic rings. The summed E-state index contributed by atoms with van der Waals surface area (Å²) in [5.74, 6) is 1.57. The number of H-pyrrole nitrogens is 1. The zero-order valence-electron chi connectivity index (χ0n) is 12.8. The van der Waals surface area contributed by atoms with Gasteiger partial charge in [0.25, 0.3) is 0 Å². The van der Waals surface area contributed by atoms with Gasteiger partial charge in [-0.3, -0.25) is 0 Å². The van der Waals surface area contributed by atoms with Crippen LogP contribution in [-0.4, -0.2) is 41.2 Å². The minimum absolute atomic E-state index is 0.713. The number of rotatable bonds is 4. The number of likely N-dealkylation sites (tertiary alicyclic amines) is 1. The second-order valence-corrected chi connectivity index (χ2v) is 6.16. The fourth-order valence-electron chi connectivity index (χ4n) is 3.25. The van der Waals surface area contributed by atoms with Crippen molar-refractivity contribution in [3.05, 3.63) is 23.0 Å². The van der Waals surface area contributed by atoms with E-state index in [4.69, 9.17) is 17.0 Å². The first-order valence-electron chi connectivity index (χ1n) is 7.70. The van der Waals surface area contributed by atoms with Crippen molar-refractivity contribution in [2.75, 3.05) is 26.7 Å². The number of methoxy groups -OCH3 is 1. The van der Waals surface area contributed by atoms with Gasteiger partial charge in [-0.25, -0.2) is 0 Å². The number of nitrogens with one attached hydrogen (secondary N) is 1.